The van der Waals surface area contributed by atoms with Crippen LogP contribution in [0.4, 0.5) is 30.2 Å². The largest absolute Gasteiger partial charge is 0.478 e. The molecule has 3 N–H and O–H groups in total. The number of ether oxygens (including phenoxy) is 1. The van der Waals surface area contributed by atoms with Gasteiger partial charge in [-0.15, -0.1) is 0 Å². The number of hydrogen-bond donors (Lipinski definition) is 3. The van der Waals surface area contributed by atoms with Crippen molar-refractivity contribution in [2.24, 2.45) is 0 Å². The number of nitrogens with zero attached hydrogens (tertiary/aromatic N) is 3. The Labute approximate surface area is 369 Å². The van der Waals surface area contributed by atoms with Gasteiger partial charge in [0.05, 0.1) is 22.2 Å². The highest BCUT2D eigenvalue weighted by Gasteiger charge is 2.58. The van der Waals surface area contributed by atoms with Crippen molar-refractivity contribution in [1.82, 2.24) is 0 Å². The average Bonchev–Trinajstić information content (AvgIpc) is 3.43. The Morgan fingerprint density at radius 1 is 0.708 bits per heavy atom. The number of fused-ring (bicyclic) bond motifs is 9. The lowest BCUT2D eigenvalue weighted by Gasteiger charge is -2.47. The van der Waals surface area contributed by atoms with Gasteiger partial charge in [-0.2, -0.15) is 30.0 Å². The summed E-state index contributed by atoms with van der Waals surface area (Å²) in [6, 6.07) is 13.6. The molecule has 5 heterocycles. The van der Waals surface area contributed by atoms with Crippen molar-refractivity contribution in [3.8, 4) is 11.5 Å². The SMILES string of the molecule is CN1c2cc3c(cc2C(CS(=O)(=O)O)=CC1(C)C)C1(c2cc4c(cc2O3)N(C)C(C)(C)C=C4CS(=O)(=O)O)c2cc(C(=O)O)ccc2C(=O)N1c1ccc2c(C(F)(F)F)cc(=O)oc2c1. The monoisotopic (exact) mass is 933 g/mol. The van der Waals surface area contributed by atoms with Crippen LogP contribution in [0.1, 0.15) is 81.8 Å². The van der Waals surface area contributed by atoms with E-state index < -0.39 is 88.6 Å². The highest BCUT2D eigenvalue weighted by Crippen LogP contribution is 2.62. The van der Waals surface area contributed by atoms with Crippen LogP contribution in [0.3, 0.4) is 0 Å². The van der Waals surface area contributed by atoms with Crippen molar-refractivity contribution < 1.29 is 63.0 Å². The van der Waals surface area contributed by atoms with Gasteiger partial charge < -0.3 is 24.1 Å². The quantitative estimate of drug-likeness (QED) is 0.111. The fraction of sp³-hybridized carbons (Fsp3) is 0.267. The van der Waals surface area contributed by atoms with Gasteiger partial charge in [0.25, 0.3) is 26.1 Å². The third-order valence-electron chi connectivity index (χ3n) is 12.8. The van der Waals surface area contributed by atoms with E-state index in [1.54, 1.807) is 38.4 Å². The van der Waals surface area contributed by atoms with Gasteiger partial charge in [0, 0.05) is 94.2 Å². The number of alkyl halides is 3. The molecule has 0 fully saturated rings. The minimum atomic E-state index is -5.00. The van der Waals surface area contributed by atoms with Crippen molar-refractivity contribution in [2.75, 3.05) is 40.3 Å². The predicted octanol–water partition coefficient (Wildman–Crippen LogP) is 7.57. The second kappa shape index (κ2) is 13.8. The lowest BCUT2D eigenvalue weighted by molar-refractivity contribution is -0.136. The van der Waals surface area contributed by atoms with Gasteiger partial charge in [0.1, 0.15) is 34.1 Å². The van der Waals surface area contributed by atoms with Crippen molar-refractivity contribution in [1.29, 1.82) is 0 Å². The molecule has 0 bridgehead atoms. The van der Waals surface area contributed by atoms with E-state index in [1.807, 2.05) is 37.5 Å². The van der Waals surface area contributed by atoms with Gasteiger partial charge in [-0.3, -0.25) is 18.8 Å². The fourth-order valence-corrected chi connectivity index (χ4v) is 10.8. The van der Waals surface area contributed by atoms with E-state index in [2.05, 4.69) is 0 Å². The highest BCUT2D eigenvalue weighted by molar-refractivity contribution is 7.86. The summed E-state index contributed by atoms with van der Waals surface area (Å²) < 4.78 is 126. The van der Waals surface area contributed by atoms with Crippen LogP contribution in [0.15, 0.2) is 88.1 Å². The molecule has 0 unspecified atom stereocenters. The van der Waals surface area contributed by atoms with Gasteiger partial charge >= 0.3 is 17.8 Å². The fourth-order valence-electron chi connectivity index (χ4n) is 9.58. The van der Waals surface area contributed by atoms with Crippen LogP contribution in [-0.2, 0) is 32.0 Å². The molecule has 20 heteroatoms. The maximum atomic E-state index is 15.4. The number of likely N-dealkylation sites (N-methyl/N-ethyl adjacent to an activating group) is 2. The Morgan fingerprint density at radius 3 is 1.71 bits per heavy atom. The van der Waals surface area contributed by atoms with E-state index in [0.29, 0.717) is 17.4 Å². The Hall–Kier alpha value is -6.48. The first kappa shape index (κ1) is 43.8. The predicted molar refractivity (Wildman–Crippen MR) is 234 cm³/mol. The van der Waals surface area contributed by atoms with Crippen LogP contribution >= 0.6 is 0 Å². The summed E-state index contributed by atoms with van der Waals surface area (Å²) >= 11 is 0. The van der Waals surface area contributed by atoms with Crippen molar-refractivity contribution in [2.45, 2.75) is 50.5 Å². The average molecular weight is 934 g/mol. The Bertz CT molecular complexity index is 3250. The van der Waals surface area contributed by atoms with E-state index in [1.165, 1.54) is 41.3 Å². The zero-order chi connectivity index (χ0) is 47.3. The van der Waals surface area contributed by atoms with E-state index >= 15 is 4.79 Å². The molecule has 0 aliphatic carbocycles. The number of aromatic carboxylic acids is 1. The Balaban J connectivity index is 1.47. The van der Waals surface area contributed by atoms with Crippen molar-refractivity contribution in [3.05, 3.63) is 134 Å². The maximum Gasteiger partial charge on any atom is 0.417 e. The van der Waals surface area contributed by atoms with Gasteiger partial charge in [-0.25, -0.2) is 9.59 Å². The van der Waals surface area contributed by atoms with Crippen LogP contribution in [0.25, 0.3) is 22.1 Å². The first-order valence-electron chi connectivity index (χ1n) is 19.8. The normalized spacial score (nSPS) is 18.0. The van der Waals surface area contributed by atoms with Crippen molar-refractivity contribution in [3.63, 3.8) is 0 Å². The summed E-state index contributed by atoms with van der Waals surface area (Å²) in [5, 5.41) is 9.88. The molecule has 4 aromatic carbocycles. The number of amides is 1. The molecule has 0 saturated heterocycles. The molecule has 0 atom stereocenters. The number of benzene rings is 4. The number of carboxylic acids is 1. The number of carbonyl (C=O) groups excluding carboxylic acids is 1. The third kappa shape index (κ3) is 6.80. The molecule has 1 amide bonds. The molecular weight excluding hydrogens is 896 g/mol. The van der Waals surface area contributed by atoms with E-state index in [9.17, 15) is 53.8 Å². The second-order valence-electron chi connectivity index (χ2n) is 17.6. The van der Waals surface area contributed by atoms with Crippen LogP contribution in [0.2, 0.25) is 0 Å². The minimum Gasteiger partial charge on any atom is -0.478 e. The number of halogens is 3. The summed E-state index contributed by atoms with van der Waals surface area (Å²) in [5.41, 5.74) is -5.70. The van der Waals surface area contributed by atoms with Crippen LogP contribution in [-0.4, -0.2) is 79.6 Å². The molecule has 9 rings (SSSR count). The molecule has 338 valence electrons. The molecule has 15 nitrogen and oxygen atoms in total. The summed E-state index contributed by atoms with van der Waals surface area (Å²) in [5.74, 6) is -3.78. The first-order valence-corrected chi connectivity index (χ1v) is 23.0. The first-order chi connectivity index (χ1) is 30.0. The van der Waals surface area contributed by atoms with Crippen LogP contribution in [0, 0.1) is 0 Å². The lowest BCUT2D eigenvalue weighted by atomic mass is 9.71. The molecule has 4 aliphatic rings. The van der Waals surface area contributed by atoms with E-state index in [-0.39, 0.29) is 67.3 Å². The van der Waals surface area contributed by atoms with Crippen LogP contribution < -0.4 is 25.1 Å². The zero-order valence-electron chi connectivity index (χ0n) is 35.2. The lowest BCUT2D eigenvalue weighted by Crippen LogP contribution is -2.49. The van der Waals surface area contributed by atoms with Gasteiger partial charge in [0.15, 0.2) is 0 Å². The summed E-state index contributed by atoms with van der Waals surface area (Å²) in [6.07, 6.45) is -1.72. The highest BCUT2D eigenvalue weighted by atomic mass is 32.2. The smallest absolute Gasteiger partial charge is 0.417 e. The minimum absolute atomic E-state index is 0.0216. The van der Waals surface area contributed by atoms with Gasteiger partial charge in [-0.05, 0) is 81.3 Å². The molecular formula is C45H38F3N3O12S2. The molecule has 1 aromatic heterocycles. The Kier molecular flexibility index (Phi) is 9.27. The molecule has 4 aliphatic heterocycles. The Morgan fingerprint density at radius 2 is 1.23 bits per heavy atom. The number of rotatable bonds is 6. The van der Waals surface area contributed by atoms with Crippen LogP contribution in [0.5, 0.6) is 11.5 Å². The molecule has 65 heavy (non-hydrogen) atoms. The zero-order valence-corrected chi connectivity index (χ0v) is 36.9. The molecule has 5 aromatic rings. The standard InChI is InChI=1S/C45H38F3N3O12S2/c1-42(2)18-23(20-64(56,57)58)28-13-32-37(16-34(28)49(42)5)62-38-17-35-29(24(21-65(59,60)61)19-43(3,4)50(35)6)14-33(38)44(32)30-11-22(41(54)55)7-9-27(30)40(53)51(44)25-8-10-26-31(45(46,47)48)15-39(52)63-36(26)12-25/h7-19H,20-21H2,1-6H3,(H,54,55)(H,56,57,58)(H,59,60,61). The molecule has 0 saturated carbocycles. The van der Waals surface area contributed by atoms with Crippen molar-refractivity contribution >= 4 is 71.3 Å². The number of carbonyl (C=O) groups is 2. The maximum absolute atomic E-state index is 15.4. The summed E-state index contributed by atoms with van der Waals surface area (Å²) in [6.45, 7) is 7.23. The van der Waals surface area contributed by atoms with Gasteiger partial charge in [-0.1, -0.05) is 12.2 Å². The summed E-state index contributed by atoms with van der Waals surface area (Å²) in [7, 11) is -5.89. The second-order valence-corrected chi connectivity index (χ2v) is 20.5. The summed E-state index contributed by atoms with van der Waals surface area (Å²) in [4.78, 5) is 45.6. The van der Waals surface area contributed by atoms with E-state index in [4.69, 9.17) is 9.15 Å². The van der Waals surface area contributed by atoms with Gasteiger partial charge in [0.2, 0.25) is 0 Å². The number of anilines is 3. The molecule has 0 radical (unpaired) electrons. The number of carboxylic acid groups (broad SMARTS) is 1. The topological polar surface area (TPSA) is 212 Å². The third-order valence-corrected chi connectivity index (χ3v) is 14.1. The number of hydrogen-bond acceptors (Lipinski definition) is 11. The molecule has 1 spiro atoms. The van der Waals surface area contributed by atoms with E-state index in [0.717, 1.165) is 12.1 Å².